The third-order valence-electron chi connectivity index (χ3n) is 4.18. The molecule has 0 aliphatic carbocycles. The zero-order valence-corrected chi connectivity index (χ0v) is 16.7. The van der Waals surface area contributed by atoms with Gasteiger partial charge in [-0.15, -0.1) is 0 Å². The molecule has 142 valence electrons. The quantitative estimate of drug-likeness (QED) is 0.532. The zero-order chi connectivity index (χ0) is 19.6. The summed E-state index contributed by atoms with van der Waals surface area (Å²) in [5.74, 6) is 1.42. The topological polar surface area (TPSA) is 84.1 Å². The monoisotopic (exact) mass is 404 g/mol. The summed E-state index contributed by atoms with van der Waals surface area (Å²) in [6.45, 7) is 4.87. The van der Waals surface area contributed by atoms with Gasteiger partial charge in [0.2, 0.25) is 0 Å². The van der Waals surface area contributed by atoms with Gasteiger partial charge >= 0.3 is 0 Å². The van der Waals surface area contributed by atoms with Crippen molar-refractivity contribution >= 4 is 39.9 Å². The molecule has 0 saturated carbocycles. The van der Waals surface area contributed by atoms with Crippen LogP contribution >= 0.6 is 23.2 Å². The number of phenolic OH excluding ortho intramolecular Hbond substituents is 1. The van der Waals surface area contributed by atoms with Crippen molar-refractivity contribution in [3.63, 3.8) is 0 Å². The van der Waals surface area contributed by atoms with Gasteiger partial charge in [0.05, 0.1) is 16.1 Å². The number of benzene rings is 2. The zero-order valence-electron chi connectivity index (χ0n) is 15.2. The van der Waals surface area contributed by atoms with E-state index in [-0.39, 0.29) is 16.8 Å². The van der Waals surface area contributed by atoms with E-state index in [1.807, 2.05) is 24.3 Å². The molecule has 0 aliphatic heterocycles. The molecule has 0 amide bonds. The van der Waals surface area contributed by atoms with Gasteiger partial charge in [0.1, 0.15) is 11.6 Å². The lowest BCUT2D eigenvalue weighted by molar-refractivity contribution is 0.477. The lowest BCUT2D eigenvalue weighted by atomic mass is 10.0. The minimum atomic E-state index is -0.0983. The first-order valence-corrected chi connectivity index (χ1v) is 9.55. The Kier molecular flexibility index (Phi) is 6.05. The van der Waals surface area contributed by atoms with E-state index < -0.39 is 0 Å². The van der Waals surface area contributed by atoms with Crippen LogP contribution in [0.1, 0.15) is 20.3 Å². The van der Waals surface area contributed by atoms with Crippen LogP contribution in [0.5, 0.6) is 5.75 Å². The van der Waals surface area contributed by atoms with Gasteiger partial charge in [-0.2, -0.15) is 0 Å². The van der Waals surface area contributed by atoms with E-state index in [0.29, 0.717) is 34.7 Å². The van der Waals surface area contributed by atoms with Crippen molar-refractivity contribution in [2.45, 2.75) is 26.3 Å². The summed E-state index contributed by atoms with van der Waals surface area (Å²) in [4.78, 5) is 9.18. The molecule has 4 N–H and O–H groups in total. The number of anilines is 1. The number of nitrogens with two attached hydrogens (primary N) is 1. The Morgan fingerprint density at radius 1 is 1.15 bits per heavy atom. The number of rotatable bonds is 6. The third-order valence-corrected chi connectivity index (χ3v) is 4.68. The summed E-state index contributed by atoms with van der Waals surface area (Å²) in [5.41, 5.74) is 7.33. The highest BCUT2D eigenvalue weighted by Crippen LogP contribution is 2.37. The van der Waals surface area contributed by atoms with Crippen LogP contribution in [-0.4, -0.2) is 27.7 Å². The van der Waals surface area contributed by atoms with E-state index in [2.05, 4.69) is 29.1 Å². The highest BCUT2D eigenvalue weighted by atomic mass is 35.5. The highest BCUT2D eigenvalue weighted by Gasteiger charge is 2.16. The Labute approximate surface area is 168 Å². The first-order chi connectivity index (χ1) is 12.8. The van der Waals surface area contributed by atoms with Crippen molar-refractivity contribution in [2.75, 3.05) is 11.9 Å². The fraction of sp³-hybridized carbons (Fsp3) is 0.300. The number of nitrogens with zero attached hydrogens (tertiary/aromatic N) is 2. The van der Waals surface area contributed by atoms with E-state index in [1.165, 1.54) is 6.07 Å². The van der Waals surface area contributed by atoms with Gasteiger partial charge in [-0.3, -0.25) is 0 Å². The van der Waals surface area contributed by atoms with Crippen LogP contribution in [0.4, 0.5) is 5.82 Å². The molecular weight excluding hydrogens is 383 g/mol. The normalized spacial score (nSPS) is 12.5. The highest BCUT2D eigenvalue weighted by molar-refractivity contribution is 6.36. The van der Waals surface area contributed by atoms with Crippen LogP contribution in [0.2, 0.25) is 10.0 Å². The number of para-hydroxylation sites is 1. The average molecular weight is 405 g/mol. The second kappa shape index (κ2) is 8.30. The average Bonchev–Trinajstić information content (AvgIpc) is 2.62. The van der Waals surface area contributed by atoms with E-state index in [9.17, 15) is 5.11 Å². The summed E-state index contributed by atoms with van der Waals surface area (Å²) < 4.78 is 0. The molecule has 1 heterocycles. The van der Waals surface area contributed by atoms with Crippen molar-refractivity contribution < 1.29 is 5.11 Å². The van der Waals surface area contributed by atoms with Gasteiger partial charge in [-0.1, -0.05) is 49.2 Å². The lowest BCUT2D eigenvalue weighted by Gasteiger charge is -2.17. The predicted molar refractivity (Wildman–Crippen MR) is 113 cm³/mol. The molecule has 1 unspecified atom stereocenters. The third kappa shape index (κ3) is 4.61. The minimum Gasteiger partial charge on any atom is -0.506 e. The van der Waals surface area contributed by atoms with E-state index in [1.54, 1.807) is 6.07 Å². The fourth-order valence-electron chi connectivity index (χ4n) is 2.98. The Bertz CT molecular complexity index is 962. The van der Waals surface area contributed by atoms with Crippen molar-refractivity contribution in [1.29, 1.82) is 0 Å². The largest absolute Gasteiger partial charge is 0.506 e. The van der Waals surface area contributed by atoms with Crippen molar-refractivity contribution in [3.8, 4) is 17.1 Å². The molecule has 0 fully saturated rings. The number of halogens is 2. The van der Waals surface area contributed by atoms with Crippen LogP contribution in [0.15, 0.2) is 36.4 Å². The van der Waals surface area contributed by atoms with Gasteiger partial charge in [0.15, 0.2) is 5.82 Å². The molecule has 0 saturated heterocycles. The van der Waals surface area contributed by atoms with Crippen LogP contribution < -0.4 is 11.1 Å². The molecule has 3 rings (SSSR count). The number of nitrogens with one attached hydrogen (secondary N) is 1. The smallest absolute Gasteiger partial charge is 0.165 e. The maximum absolute atomic E-state index is 10.3. The maximum atomic E-state index is 10.3. The molecule has 27 heavy (non-hydrogen) atoms. The molecule has 2 aromatic carbocycles. The van der Waals surface area contributed by atoms with Crippen molar-refractivity contribution in [2.24, 2.45) is 11.7 Å². The summed E-state index contributed by atoms with van der Waals surface area (Å²) >= 11 is 12.2. The molecule has 7 heteroatoms. The minimum absolute atomic E-state index is 0.0104. The summed E-state index contributed by atoms with van der Waals surface area (Å²) in [7, 11) is 0. The second-order valence-corrected chi connectivity index (χ2v) is 7.81. The number of aromatic nitrogens is 2. The predicted octanol–water partition coefficient (Wildman–Crippen LogP) is 5.09. The Morgan fingerprint density at radius 2 is 1.89 bits per heavy atom. The van der Waals surface area contributed by atoms with E-state index >= 15 is 0 Å². The van der Waals surface area contributed by atoms with Crippen LogP contribution in [0, 0.1) is 5.92 Å². The van der Waals surface area contributed by atoms with Gasteiger partial charge in [-0.05, 0) is 36.6 Å². The Balaban J connectivity index is 2.03. The summed E-state index contributed by atoms with van der Waals surface area (Å²) in [6.07, 6.45) is 0.910. The van der Waals surface area contributed by atoms with Crippen molar-refractivity contribution in [3.05, 3.63) is 46.4 Å². The Hall–Kier alpha value is -2.08. The standard InChI is InChI=1S/C20H22Cl2N4O/c1-11(2)7-13(23)10-24-19-14-5-3-4-6-17(14)25-20(26-19)15-8-12(21)9-16(22)18(15)27/h3-6,8-9,11,13,27H,7,10,23H2,1-2H3,(H,24,25,26). The van der Waals surface area contributed by atoms with Gasteiger partial charge in [-0.25, -0.2) is 9.97 Å². The van der Waals surface area contributed by atoms with Crippen LogP contribution in [-0.2, 0) is 0 Å². The van der Waals surface area contributed by atoms with Crippen LogP contribution in [0.25, 0.3) is 22.3 Å². The SMILES string of the molecule is CC(C)CC(N)CNc1nc(-c2cc(Cl)cc(Cl)c2O)nc2ccccc12. The Morgan fingerprint density at radius 3 is 2.63 bits per heavy atom. The van der Waals surface area contributed by atoms with Crippen LogP contribution in [0.3, 0.4) is 0 Å². The summed E-state index contributed by atoms with van der Waals surface area (Å²) in [6, 6.07) is 10.8. The molecule has 0 aliphatic rings. The number of phenols is 1. The first-order valence-electron chi connectivity index (χ1n) is 8.79. The summed E-state index contributed by atoms with van der Waals surface area (Å²) in [5, 5.41) is 15.1. The molecule has 1 atom stereocenters. The van der Waals surface area contributed by atoms with E-state index in [0.717, 1.165) is 17.3 Å². The number of hydrogen-bond donors (Lipinski definition) is 3. The van der Waals surface area contributed by atoms with Gasteiger partial charge < -0.3 is 16.2 Å². The molecule has 3 aromatic rings. The number of fused-ring (bicyclic) bond motifs is 1. The molecule has 0 radical (unpaired) electrons. The molecular formula is C20H22Cl2N4O. The molecule has 1 aromatic heterocycles. The molecule has 0 bridgehead atoms. The lowest BCUT2D eigenvalue weighted by Crippen LogP contribution is -2.30. The molecule has 0 spiro atoms. The van der Waals surface area contributed by atoms with Gasteiger partial charge in [0.25, 0.3) is 0 Å². The van der Waals surface area contributed by atoms with Gasteiger partial charge in [0, 0.05) is 23.0 Å². The molecule has 5 nitrogen and oxygen atoms in total. The maximum Gasteiger partial charge on any atom is 0.165 e. The second-order valence-electron chi connectivity index (χ2n) is 6.97. The van der Waals surface area contributed by atoms with Crippen molar-refractivity contribution in [1.82, 2.24) is 9.97 Å². The first kappa shape index (κ1) is 19.7. The number of hydrogen-bond acceptors (Lipinski definition) is 5. The number of aromatic hydroxyl groups is 1. The fourth-order valence-corrected chi connectivity index (χ4v) is 3.48. The van der Waals surface area contributed by atoms with E-state index in [4.69, 9.17) is 28.9 Å².